The van der Waals surface area contributed by atoms with E-state index in [0.29, 0.717) is 12.3 Å². The number of hydrogen-bond acceptors (Lipinski definition) is 4. The third-order valence-corrected chi connectivity index (χ3v) is 6.03. The topological polar surface area (TPSA) is 33.2 Å². The van der Waals surface area contributed by atoms with Gasteiger partial charge in [0.25, 0.3) is 0 Å². The van der Waals surface area contributed by atoms with Crippen LogP contribution >= 0.6 is 23.1 Å². The van der Waals surface area contributed by atoms with E-state index in [0.717, 1.165) is 26.5 Å². The van der Waals surface area contributed by atoms with Gasteiger partial charge in [0.2, 0.25) is 5.91 Å². The van der Waals surface area contributed by atoms with E-state index < -0.39 is 0 Å². The zero-order valence-corrected chi connectivity index (χ0v) is 15.5. The Hall–Kier alpha value is -1.85. The molecule has 1 heterocycles. The van der Waals surface area contributed by atoms with Gasteiger partial charge in [0.1, 0.15) is 0 Å². The van der Waals surface area contributed by atoms with Crippen molar-refractivity contribution in [3.05, 3.63) is 59.7 Å². The quantitative estimate of drug-likeness (QED) is 0.605. The molecule has 0 N–H and O–H groups in total. The molecule has 0 atom stereocenters. The largest absolute Gasteiger partial charge is 0.341 e. The number of aryl methyl sites for hydroxylation is 1. The molecule has 0 spiro atoms. The third-order valence-electron chi connectivity index (χ3n) is 3.87. The average Bonchev–Trinajstić information content (AvgIpc) is 3.03. The van der Waals surface area contributed by atoms with Crippen LogP contribution in [0.2, 0.25) is 0 Å². The van der Waals surface area contributed by atoms with Gasteiger partial charge in [-0.1, -0.05) is 55.1 Å². The van der Waals surface area contributed by atoms with Gasteiger partial charge in [-0.05, 0) is 29.7 Å². The minimum absolute atomic E-state index is 0.124. The molecule has 0 aliphatic carbocycles. The van der Waals surface area contributed by atoms with Gasteiger partial charge in [-0.25, -0.2) is 4.98 Å². The van der Waals surface area contributed by atoms with E-state index in [9.17, 15) is 4.79 Å². The van der Waals surface area contributed by atoms with Crippen molar-refractivity contribution < 1.29 is 4.79 Å². The fourth-order valence-electron chi connectivity index (χ4n) is 2.39. The van der Waals surface area contributed by atoms with Crippen molar-refractivity contribution in [2.75, 3.05) is 12.8 Å². The molecule has 3 rings (SSSR count). The molecule has 1 amide bonds. The molecule has 5 heteroatoms. The van der Waals surface area contributed by atoms with Crippen LogP contribution in [0.15, 0.2) is 52.9 Å². The molecule has 0 fully saturated rings. The Morgan fingerprint density at radius 3 is 2.54 bits per heavy atom. The van der Waals surface area contributed by atoms with Crippen molar-refractivity contribution in [1.29, 1.82) is 0 Å². The van der Waals surface area contributed by atoms with E-state index in [2.05, 4.69) is 42.2 Å². The molecule has 0 bridgehead atoms. The second kappa shape index (κ2) is 7.81. The molecule has 2 aromatic carbocycles. The predicted molar refractivity (Wildman–Crippen MR) is 103 cm³/mol. The average molecular weight is 357 g/mol. The van der Waals surface area contributed by atoms with Crippen LogP contribution in [-0.4, -0.2) is 28.6 Å². The summed E-state index contributed by atoms with van der Waals surface area (Å²) in [5.74, 6) is 0.544. The van der Waals surface area contributed by atoms with E-state index in [1.807, 2.05) is 25.2 Å². The summed E-state index contributed by atoms with van der Waals surface area (Å²) in [6.45, 7) is 2.78. The van der Waals surface area contributed by atoms with Crippen LogP contribution in [-0.2, 0) is 17.8 Å². The molecular weight excluding hydrogens is 336 g/mol. The van der Waals surface area contributed by atoms with Gasteiger partial charge < -0.3 is 4.90 Å². The minimum atomic E-state index is 0.124. The van der Waals surface area contributed by atoms with Crippen LogP contribution in [0.25, 0.3) is 10.2 Å². The number of carbonyl (C=O) groups excluding carboxylic acids is 1. The molecule has 0 aliphatic rings. The molecule has 3 aromatic rings. The lowest BCUT2D eigenvalue weighted by Gasteiger charge is -2.17. The fourth-order valence-corrected chi connectivity index (χ4v) is 4.40. The summed E-state index contributed by atoms with van der Waals surface area (Å²) < 4.78 is 2.11. The van der Waals surface area contributed by atoms with Gasteiger partial charge in [-0.3, -0.25) is 4.79 Å². The number of benzene rings is 2. The summed E-state index contributed by atoms with van der Waals surface area (Å²) in [7, 11) is 1.86. The monoisotopic (exact) mass is 356 g/mol. The van der Waals surface area contributed by atoms with Crippen LogP contribution in [0.4, 0.5) is 0 Å². The van der Waals surface area contributed by atoms with E-state index >= 15 is 0 Å². The molecule has 0 radical (unpaired) electrons. The zero-order valence-electron chi connectivity index (χ0n) is 13.9. The van der Waals surface area contributed by atoms with Crippen molar-refractivity contribution in [2.24, 2.45) is 0 Å². The molecule has 24 heavy (non-hydrogen) atoms. The van der Waals surface area contributed by atoms with Crippen molar-refractivity contribution in [2.45, 2.75) is 24.2 Å². The first-order chi connectivity index (χ1) is 11.7. The normalized spacial score (nSPS) is 10.9. The first-order valence-corrected chi connectivity index (χ1v) is 9.76. The summed E-state index contributed by atoms with van der Waals surface area (Å²) in [6, 6.07) is 16.5. The number of rotatable bonds is 6. The molecule has 3 nitrogen and oxygen atoms in total. The molecule has 1 aromatic heterocycles. The van der Waals surface area contributed by atoms with Gasteiger partial charge in [0.15, 0.2) is 4.34 Å². The van der Waals surface area contributed by atoms with Gasteiger partial charge >= 0.3 is 0 Å². The Labute approximate surface area is 150 Å². The number of aromatic nitrogens is 1. The highest BCUT2D eigenvalue weighted by Crippen LogP contribution is 2.29. The molecule has 0 aliphatic heterocycles. The lowest BCUT2D eigenvalue weighted by Crippen LogP contribution is -2.27. The van der Waals surface area contributed by atoms with Gasteiger partial charge in [-0.2, -0.15) is 0 Å². The van der Waals surface area contributed by atoms with Gasteiger partial charge in [0, 0.05) is 13.6 Å². The number of hydrogen-bond donors (Lipinski definition) is 0. The van der Waals surface area contributed by atoms with Crippen molar-refractivity contribution in [1.82, 2.24) is 9.88 Å². The summed E-state index contributed by atoms with van der Waals surface area (Å²) >= 11 is 3.16. The highest BCUT2D eigenvalue weighted by molar-refractivity contribution is 8.01. The van der Waals surface area contributed by atoms with Crippen molar-refractivity contribution in [3.8, 4) is 0 Å². The Balaban J connectivity index is 1.55. The Morgan fingerprint density at radius 1 is 1.12 bits per heavy atom. The molecule has 0 saturated carbocycles. The number of thiazole rings is 1. The van der Waals surface area contributed by atoms with Crippen LogP contribution < -0.4 is 0 Å². The second-order valence-electron chi connectivity index (χ2n) is 5.66. The van der Waals surface area contributed by atoms with E-state index in [1.165, 1.54) is 17.3 Å². The number of amides is 1. The summed E-state index contributed by atoms with van der Waals surface area (Å²) in [6.07, 6.45) is 1.04. The highest BCUT2D eigenvalue weighted by atomic mass is 32.2. The number of nitrogens with zero attached hydrogens (tertiary/aromatic N) is 2. The first-order valence-electron chi connectivity index (χ1n) is 7.96. The SMILES string of the molecule is CCc1ccc(CN(C)C(=O)CSc2nc3ccccc3s2)cc1. The first kappa shape index (κ1) is 17.0. The fraction of sp³-hybridized carbons (Fsp3) is 0.263. The standard InChI is InChI=1S/C19H20N2OS2/c1-3-14-8-10-15(11-9-14)12-21(2)18(22)13-23-19-20-16-6-4-5-7-17(16)24-19/h4-11H,3,12-13H2,1-2H3. The molecule has 124 valence electrons. The minimum Gasteiger partial charge on any atom is -0.341 e. The Kier molecular flexibility index (Phi) is 5.53. The summed E-state index contributed by atoms with van der Waals surface area (Å²) in [5.41, 5.74) is 3.48. The predicted octanol–water partition coefficient (Wildman–Crippen LogP) is 4.61. The highest BCUT2D eigenvalue weighted by Gasteiger charge is 2.12. The molecular formula is C19H20N2OS2. The number of carbonyl (C=O) groups is 1. The smallest absolute Gasteiger partial charge is 0.233 e. The van der Waals surface area contributed by atoms with Gasteiger partial charge in [0.05, 0.1) is 16.0 Å². The van der Waals surface area contributed by atoms with Crippen LogP contribution in [0.5, 0.6) is 0 Å². The maximum Gasteiger partial charge on any atom is 0.233 e. The van der Waals surface area contributed by atoms with Crippen LogP contribution in [0.3, 0.4) is 0 Å². The lowest BCUT2D eigenvalue weighted by atomic mass is 10.1. The Morgan fingerprint density at radius 2 is 1.83 bits per heavy atom. The number of thioether (sulfide) groups is 1. The van der Waals surface area contributed by atoms with Crippen molar-refractivity contribution >= 4 is 39.2 Å². The maximum atomic E-state index is 12.3. The van der Waals surface area contributed by atoms with E-state index in [1.54, 1.807) is 16.2 Å². The molecule has 0 unspecified atom stereocenters. The van der Waals surface area contributed by atoms with Gasteiger partial charge in [-0.15, -0.1) is 11.3 Å². The Bertz CT molecular complexity index is 794. The number of para-hydroxylation sites is 1. The van der Waals surface area contributed by atoms with Crippen LogP contribution in [0.1, 0.15) is 18.1 Å². The second-order valence-corrected chi connectivity index (χ2v) is 7.91. The molecule has 0 saturated heterocycles. The maximum absolute atomic E-state index is 12.3. The zero-order chi connectivity index (χ0) is 16.9. The number of fused-ring (bicyclic) bond motifs is 1. The van der Waals surface area contributed by atoms with Crippen LogP contribution in [0, 0.1) is 0 Å². The summed E-state index contributed by atoms with van der Waals surface area (Å²) in [5, 5.41) is 0. The lowest BCUT2D eigenvalue weighted by molar-refractivity contribution is -0.127. The van der Waals surface area contributed by atoms with E-state index in [-0.39, 0.29) is 5.91 Å². The van der Waals surface area contributed by atoms with Crippen molar-refractivity contribution in [3.63, 3.8) is 0 Å². The third kappa shape index (κ3) is 4.16. The summed E-state index contributed by atoms with van der Waals surface area (Å²) in [4.78, 5) is 18.7. The van der Waals surface area contributed by atoms with E-state index in [4.69, 9.17) is 0 Å².